The number of nitrogens with zero attached hydrogens (tertiary/aromatic N) is 2. The Morgan fingerprint density at radius 2 is 2.06 bits per heavy atom. The van der Waals surface area contributed by atoms with Crippen molar-refractivity contribution < 1.29 is 0 Å². The van der Waals surface area contributed by atoms with Crippen LogP contribution in [0.25, 0.3) is 0 Å². The highest BCUT2D eigenvalue weighted by Gasteiger charge is 2.01. The van der Waals surface area contributed by atoms with Gasteiger partial charge in [0.2, 0.25) is 0 Å². The number of benzene rings is 1. The van der Waals surface area contributed by atoms with Gasteiger partial charge >= 0.3 is 0 Å². The van der Waals surface area contributed by atoms with Gasteiger partial charge in [-0.05, 0) is 25.0 Å². The van der Waals surface area contributed by atoms with Crippen molar-refractivity contribution in [2.75, 3.05) is 27.2 Å². The number of nitrogens with one attached hydrogen (secondary N) is 1. The molecule has 94 valence electrons. The standard InChI is InChI=1S/C13H20ClN3/c1-4-15-13(17(2)3)16-10-9-11-7-5-6-8-12(11)14/h5-8H,4,9-10H2,1-3H3,(H,15,16). The fourth-order valence-electron chi connectivity index (χ4n) is 1.50. The van der Waals surface area contributed by atoms with E-state index in [0.717, 1.165) is 36.1 Å². The molecule has 0 aliphatic carbocycles. The van der Waals surface area contributed by atoms with E-state index in [0.29, 0.717) is 0 Å². The fourth-order valence-corrected chi connectivity index (χ4v) is 1.73. The SMILES string of the molecule is CCNC(=NCCc1ccccc1Cl)N(C)C. The van der Waals surface area contributed by atoms with Crippen molar-refractivity contribution in [3.63, 3.8) is 0 Å². The molecule has 0 aliphatic rings. The molecule has 1 aromatic carbocycles. The second-order valence-corrected chi connectivity index (χ2v) is 4.38. The normalized spacial score (nSPS) is 11.4. The summed E-state index contributed by atoms with van der Waals surface area (Å²) in [4.78, 5) is 6.50. The molecule has 1 N–H and O–H groups in total. The largest absolute Gasteiger partial charge is 0.357 e. The van der Waals surface area contributed by atoms with Gasteiger partial charge in [0, 0.05) is 32.2 Å². The van der Waals surface area contributed by atoms with Gasteiger partial charge in [-0.25, -0.2) is 0 Å². The molecule has 0 radical (unpaired) electrons. The first kappa shape index (κ1) is 13.8. The maximum atomic E-state index is 6.09. The van der Waals surface area contributed by atoms with Gasteiger partial charge in [0.1, 0.15) is 0 Å². The smallest absolute Gasteiger partial charge is 0.193 e. The maximum absolute atomic E-state index is 6.09. The van der Waals surface area contributed by atoms with Crippen LogP contribution in [0.1, 0.15) is 12.5 Å². The molecule has 0 aliphatic heterocycles. The fraction of sp³-hybridized carbons (Fsp3) is 0.462. The summed E-state index contributed by atoms with van der Waals surface area (Å²) in [6.07, 6.45) is 0.863. The third-order valence-corrected chi connectivity index (χ3v) is 2.73. The number of rotatable bonds is 4. The van der Waals surface area contributed by atoms with Crippen molar-refractivity contribution >= 4 is 17.6 Å². The molecule has 0 saturated carbocycles. The minimum Gasteiger partial charge on any atom is -0.357 e. The predicted molar refractivity (Wildman–Crippen MR) is 74.8 cm³/mol. The van der Waals surface area contributed by atoms with Gasteiger partial charge in [-0.2, -0.15) is 0 Å². The first-order chi connectivity index (χ1) is 8.15. The first-order valence-corrected chi connectivity index (χ1v) is 6.22. The number of halogens is 1. The highest BCUT2D eigenvalue weighted by atomic mass is 35.5. The lowest BCUT2D eigenvalue weighted by Gasteiger charge is -2.16. The van der Waals surface area contributed by atoms with E-state index in [9.17, 15) is 0 Å². The van der Waals surface area contributed by atoms with E-state index in [-0.39, 0.29) is 0 Å². The van der Waals surface area contributed by atoms with Crippen LogP contribution < -0.4 is 5.32 Å². The summed E-state index contributed by atoms with van der Waals surface area (Å²) in [7, 11) is 3.97. The zero-order valence-corrected chi connectivity index (χ0v) is 11.5. The molecule has 0 spiro atoms. The molecule has 17 heavy (non-hydrogen) atoms. The van der Waals surface area contributed by atoms with Crippen LogP contribution in [0.3, 0.4) is 0 Å². The molecule has 0 fully saturated rings. The van der Waals surface area contributed by atoms with E-state index in [1.165, 1.54) is 0 Å². The molecule has 3 nitrogen and oxygen atoms in total. The molecule has 0 heterocycles. The van der Waals surface area contributed by atoms with Crippen LogP contribution in [0, 0.1) is 0 Å². The lowest BCUT2D eigenvalue weighted by molar-refractivity contribution is 0.583. The van der Waals surface area contributed by atoms with Crippen molar-refractivity contribution in [1.29, 1.82) is 0 Å². The molecule has 1 aromatic rings. The molecule has 0 aromatic heterocycles. The summed E-state index contributed by atoms with van der Waals surface area (Å²) in [5.74, 6) is 0.916. The Bertz CT molecular complexity index is 375. The Morgan fingerprint density at radius 3 is 2.65 bits per heavy atom. The van der Waals surface area contributed by atoms with E-state index in [1.807, 2.05) is 43.3 Å². The first-order valence-electron chi connectivity index (χ1n) is 5.84. The second-order valence-electron chi connectivity index (χ2n) is 3.97. The lowest BCUT2D eigenvalue weighted by atomic mass is 10.1. The molecule has 0 saturated heterocycles. The number of hydrogen-bond acceptors (Lipinski definition) is 1. The van der Waals surface area contributed by atoms with Crippen LogP contribution in [0.5, 0.6) is 0 Å². The van der Waals surface area contributed by atoms with Gasteiger partial charge in [0.15, 0.2) is 5.96 Å². The number of hydrogen-bond donors (Lipinski definition) is 1. The van der Waals surface area contributed by atoms with Crippen molar-refractivity contribution in [3.8, 4) is 0 Å². The van der Waals surface area contributed by atoms with Crippen molar-refractivity contribution in [1.82, 2.24) is 10.2 Å². The predicted octanol–water partition coefficient (Wildman–Crippen LogP) is 2.41. The van der Waals surface area contributed by atoms with Crippen LogP contribution in [-0.4, -0.2) is 38.0 Å². The summed E-state index contributed by atoms with van der Waals surface area (Å²) in [6, 6.07) is 7.90. The quantitative estimate of drug-likeness (QED) is 0.659. The highest BCUT2D eigenvalue weighted by molar-refractivity contribution is 6.31. The average Bonchev–Trinajstić information content (AvgIpc) is 2.30. The third kappa shape index (κ3) is 4.65. The van der Waals surface area contributed by atoms with E-state index in [4.69, 9.17) is 11.6 Å². The summed E-state index contributed by atoms with van der Waals surface area (Å²) in [6.45, 7) is 3.68. The van der Waals surface area contributed by atoms with Crippen LogP contribution in [0.4, 0.5) is 0 Å². The highest BCUT2D eigenvalue weighted by Crippen LogP contribution is 2.15. The Hall–Kier alpha value is -1.22. The molecular weight excluding hydrogens is 234 g/mol. The van der Waals surface area contributed by atoms with Gasteiger partial charge in [0.05, 0.1) is 0 Å². The molecule has 0 unspecified atom stereocenters. The van der Waals surface area contributed by atoms with E-state index < -0.39 is 0 Å². The summed E-state index contributed by atoms with van der Waals surface area (Å²) >= 11 is 6.09. The van der Waals surface area contributed by atoms with Gasteiger partial charge in [-0.15, -0.1) is 0 Å². The van der Waals surface area contributed by atoms with E-state index in [2.05, 4.69) is 17.2 Å². The molecule has 0 amide bonds. The Kier molecular flexibility index (Phi) is 5.84. The minimum absolute atomic E-state index is 0.740. The molecule has 0 bridgehead atoms. The molecule has 4 heteroatoms. The monoisotopic (exact) mass is 253 g/mol. The van der Waals surface area contributed by atoms with Crippen molar-refractivity contribution in [3.05, 3.63) is 34.9 Å². The van der Waals surface area contributed by atoms with Crippen LogP contribution in [0.2, 0.25) is 5.02 Å². The number of aliphatic imine (C=N–C) groups is 1. The van der Waals surface area contributed by atoms with Crippen LogP contribution >= 0.6 is 11.6 Å². The Morgan fingerprint density at radius 1 is 1.35 bits per heavy atom. The lowest BCUT2D eigenvalue weighted by Crippen LogP contribution is -2.36. The van der Waals surface area contributed by atoms with E-state index >= 15 is 0 Å². The second kappa shape index (κ2) is 7.17. The average molecular weight is 254 g/mol. The third-order valence-electron chi connectivity index (χ3n) is 2.36. The van der Waals surface area contributed by atoms with Gasteiger partial charge in [-0.1, -0.05) is 29.8 Å². The summed E-state index contributed by atoms with van der Waals surface area (Å²) in [5.41, 5.74) is 1.15. The number of guanidine groups is 1. The maximum Gasteiger partial charge on any atom is 0.193 e. The van der Waals surface area contributed by atoms with Gasteiger partial charge < -0.3 is 10.2 Å². The van der Waals surface area contributed by atoms with E-state index in [1.54, 1.807) is 0 Å². The summed E-state index contributed by atoms with van der Waals surface area (Å²) in [5, 5.41) is 4.04. The van der Waals surface area contributed by atoms with Crippen molar-refractivity contribution in [2.24, 2.45) is 4.99 Å². The zero-order chi connectivity index (χ0) is 12.7. The molecule has 1 rings (SSSR count). The Labute approximate surface area is 108 Å². The van der Waals surface area contributed by atoms with Crippen LogP contribution in [0.15, 0.2) is 29.3 Å². The van der Waals surface area contributed by atoms with Crippen LogP contribution in [-0.2, 0) is 6.42 Å². The topological polar surface area (TPSA) is 27.6 Å². The zero-order valence-electron chi connectivity index (χ0n) is 10.7. The summed E-state index contributed by atoms with van der Waals surface area (Å²) < 4.78 is 0. The minimum atomic E-state index is 0.740. The molecular formula is C13H20ClN3. The molecule has 0 atom stereocenters. The van der Waals surface area contributed by atoms with Crippen molar-refractivity contribution in [2.45, 2.75) is 13.3 Å². The Balaban J connectivity index is 2.55. The van der Waals surface area contributed by atoms with Gasteiger partial charge in [-0.3, -0.25) is 4.99 Å². The van der Waals surface area contributed by atoms with Gasteiger partial charge in [0.25, 0.3) is 0 Å².